The molecule has 3 aromatic rings. The van der Waals surface area contributed by atoms with Crippen LogP contribution in [0.15, 0.2) is 66.7 Å². The number of ether oxygens (including phenoxy) is 1. The molecule has 0 aromatic heterocycles. The maximum Gasteiger partial charge on any atom is 0.255 e. The highest BCUT2D eigenvalue weighted by Crippen LogP contribution is 2.30. The van der Waals surface area contributed by atoms with Crippen LogP contribution in [0.5, 0.6) is 5.75 Å². The van der Waals surface area contributed by atoms with Crippen molar-refractivity contribution in [1.82, 2.24) is 9.80 Å². The van der Waals surface area contributed by atoms with Crippen molar-refractivity contribution < 1.29 is 19.1 Å². The molecule has 3 aromatic carbocycles. The van der Waals surface area contributed by atoms with Crippen LogP contribution in [0.2, 0.25) is 5.02 Å². The predicted molar refractivity (Wildman–Crippen MR) is 145 cm³/mol. The summed E-state index contributed by atoms with van der Waals surface area (Å²) < 4.78 is 5.23. The summed E-state index contributed by atoms with van der Waals surface area (Å²) in [5.41, 5.74) is 3.27. The summed E-state index contributed by atoms with van der Waals surface area (Å²) in [4.78, 5) is 41.2. The van der Waals surface area contributed by atoms with Gasteiger partial charge in [0.2, 0.25) is 0 Å². The standard InChI is InChI=1S/C29H30ClN3O4/c1-32(2)28(35)22-6-4-5-21(15-22)27(34)31-25-9-7-19(8-10-25)20-11-13-33(14-12-20)29(36)23-16-24(30)18-26(17-23)37-3/h4-10,15-18,20H,11-14H2,1-3H3,(H,31,34). The Morgan fingerprint density at radius 3 is 2.24 bits per heavy atom. The van der Waals surface area contributed by atoms with Gasteiger partial charge in [-0.25, -0.2) is 0 Å². The maximum absolute atomic E-state index is 13.0. The van der Waals surface area contributed by atoms with Gasteiger partial charge in [0.15, 0.2) is 0 Å². The van der Waals surface area contributed by atoms with Crippen LogP contribution in [0.4, 0.5) is 5.69 Å². The fourth-order valence-corrected chi connectivity index (χ4v) is 4.72. The first-order chi connectivity index (χ1) is 17.7. The number of hydrogen-bond acceptors (Lipinski definition) is 4. The van der Waals surface area contributed by atoms with Crippen LogP contribution in [0, 0.1) is 0 Å². The molecule has 0 aliphatic carbocycles. The van der Waals surface area contributed by atoms with Gasteiger partial charge in [0.1, 0.15) is 5.75 Å². The number of rotatable bonds is 6. The third-order valence-electron chi connectivity index (χ3n) is 6.55. The lowest BCUT2D eigenvalue weighted by Crippen LogP contribution is -2.37. The fraction of sp³-hybridized carbons (Fsp3) is 0.276. The number of piperidine rings is 1. The molecule has 4 rings (SSSR count). The normalized spacial score (nSPS) is 13.7. The zero-order chi connectivity index (χ0) is 26.5. The van der Waals surface area contributed by atoms with Crippen molar-refractivity contribution in [3.8, 4) is 5.75 Å². The molecule has 0 bridgehead atoms. The first-order valence-electron chi connectivity index (χ1n) is 12.1. The second-order valence-electron chi connectivity index (χ2n) is 9.30. The van der Waals surface area contributed by atoms with Crippen molar-refractivity contribution in [3.63, 3.8) is 0 Å². The second kappa shape index (κ2) is 11.5. The molecule has 0 saturated carbocycles. The minimum atomic E-state index is -0.273. The Kier molecular flexibility index (Phi) is 8.14. The summed E-state index contributed by atoms with van der Waals surface area (Å²) in [5.74, 6) is 0.419. The van der Waals surface area contributed by atoms with E-state index in [2.05, 4.69) is 5.32 Å². The van der Waals surface area contributed by atoms with Gasteiger partial charge in [-0.05, 0) is 72.9 Å². The van der Waals surface area contributed by atoms with Gasteiger partial charge in [-0.2, -0.15) is 0 Å². The zero-order valence-electron chi connectivity index (χ0n) is 21.2. The summed E-state index contributed by atoms with van der Waals surface area (Å²) in [6.45, 7) is 1.30. The smallest absolute Gasteiger partial charge is 0.255 e. The van der Waals surface area contributed by atoms with E-state index < -0.39 is 0 Å². The Morgan fingerprint density at radius 1 is 0.919 bits per heavy atom. The van der Waals surface area contributed by atoms with Crippen molar-refractivity contribution in [1.29, 1.82) is 0 Å². The van der Waals surface area contributed by atoms with Crippen molar-refractivity contribution in [3.05, 3.63) is 94.0 Å². The molecule has 3 amide bonds. The number of nitrogens with one attached hydrogen (secondary N) is 1. The predicted octanol–water partition coefficient (Wildman–Crippen LogP) is 5.32. The van der Waals surface area contributed by atoms with Crippen LogP contribution < -0.4 is 10.1 Å². The van der Waals surface area contributed by atoms with E-state index in [4.69, 9.17) is 16.3 Å². The Balaban J connectivity index is 1.35. The molecule has 1 fully saturated rings. The minimum Gasteiger partial charge on any atom is -0.497 e. The number of amides is 3. The van der Waals surface area contributed by atoms with E-state index in [-0.39, 0.29) is 17.7 Å². The van der Waals surface area contributed by atoms with Gasteiger partial charge in [-0.1, -0.05) is 29.8 Å². The van der Waals surface area contributed by atoms with E-state index in [0.29, 0.717) is 52.2 Å². The van der Waals surface area contributed by atoms with E-state index >= 15 is 0 Å². The first-order valence-corrected chi connectivity index (χ1v) is 12.5. The SMILES string of the molecule is COc1cc(Cl)cc(C(=O)N2CCC(c3ccc(NC(=O)c4cccc(C(=O)N(C)C)c4)cc3)CC2)c1. The van der Waals surface area contributed by atoms with E-state index in [9.17, 15) is 14.4 Å². The molecular weight excluding hydrogens is 490 g/mol. The third-order valence-corrected chi connectivity index (χ3v) is 6.77. The van der Waals surface area contributed by atoms with E-state index in [1.807, 2.05) is 29.2 Å². The number of halogens is 1. The molecule has 37 heavy (non-hydrogen) atoms. The van der Waals surface area contributed by atoms with Crippen LogP contribution in [0.25, 0.3) is 0 Å². The Labute approximate surface area is 222 Å². The molecule has 192 valence electrons. The van der Waals surface area contributed by atoms with Gasteiger partial charge in [-0.15, -0.1) is 0 Å². The minimum absolute atomic E-state index is 0.0475. The van der Waals surface area contributed by atoms with E-state index in [1.165, 1.54) is 10.5 Å². The average molecular weight is 520 g/mol. The van der Waals surface area contributed by atoms with Gasteiger partial charge in [0.25, 0.3) is 17.7 Å². The zero-order valence-corrected chi connectivity index (χ0v) is 21.9. The fourth-order valence-electron chi connectivity index (χ4n) is 4.50. The molecule has 8 heteroatoms. The number of carbonyl (C=O) groups is 3. The average Bonchev–Trinajstić information content (AvgIpc) is 2.92. The van der Waals surface area contributed by atoms with E-state index in [1.54, 1.807) is 63.7 Å². The van der Waals surface area contributed by atoms with Gasteiger partial charge in [0.05, 0.1) is 7.11 Å². The largest absolute Gasteiger partial charge is 0.497 e. The van der Waals surface area contributed by atoms with Gasteiger partial charge >= 0.3 is 0 Å². The summed E-state index contributed by atoms with van der Waals surface area (Å²) >= 11 is 6.13. The monoisotopic (exact) mass is 519 g/mol. The van der Waals surface area contributed by atoms with Crippen molar-refractivity contribution in [2.75, 3.05) is 39.6 Å². The van der Waals surface area contributed by atoms with Gasteiger partial charge in [0, 0.05) is 54.6 Å². The highest BCUT2D eigenvalue weighted by molar-refractivity contribution is 6.31. The summed E-state index contributed by atoms with van der Waals surface area (Å²) in [7, 11) is 4.90. The highest BCUT2D eigenvalue weighted by Gasteiger charge is 2.25. The molecular formula is C29H30ClN3O4. The molecule has 0 radical (unpaired) electrons. The van der Waals surface area contributed by atoms with Crippen molar-refractivity contribution in [2.45, 2.75) is 18.8 Å². The van der Waals surface area contributed by atoms with Crippen LogP contribution >= 0.6 is 11.6 Å². The molecule has 7 nitrogen and oxygen atoms in total. The quantitative estimate of drug-likeness (QED) is 0.478. The molecule has 1 aliphatic rings. The molecule has 1 heterocycles. The van der Waals surface area contributed by atoms with Crippen LogP contribution in [-0.2, 0) is 0 Å². The first kappa shape index (κ1) is 26.2. The number of methoxy groups -OCH3 is 1. The van der Waals surface area contributed by atoms with Gasteiger partial charge < -0.3 is 19.9 Å². The lowest BCUT2D eigenvalue weighted by atomic mass is 9.89. The topological polar surface area (TPSA) is 79.0 Å². The number of anilines is 1. The molecule has 0 spiro atoms. The molecule has 1 aliphatic heterocycles. The summed E-state index contributed by atoms with van der Waals surface area (Å²) in [6.07, 6.45) is 1.70. The molecule has 0 atom stereocenters. The number of nitrogens with zero attached hydrogens (tertiary/aromatic N) is 2. The number of benzene rings is 3. The second-order valence-corrected chi connectivity index (χ2v) is 9.74. The van der Waals surface area contributed by atoms with Crippen LogP contribution in [0.1, 0.15) is 55.4 Å². The third kappa shape index (κ3) is 6.30. The Bertz CT molecular complexity index is 1300. The van der Waals surface area contributed by atoms with Crippen LogP contribution in [-0.4, -0.2) is 61.8 Å². The van der Waals surface area contributed by atoms with E-state index in [0.717, 1.165) is 12.8 Å². The number of likely N-dealkylation sites (tertiary alicyclic amines) is 1. The molecule has 1 N–H and O–H groups in total. The molecule has 1 saturated heterocycles. The van der Waals surface area contributed by atoms with Gasteiger partial charge in [-0.3, -0.25) is 14.4 Å². The lowest BCUT2D eigenvalue weighted by molar-refractivity contribution is 0.0712. The number of carbonyl (C=O) groups excluding carboxylic acids is 3. The Hall–Kier alpha value is -3.84. The Morgan fingerprint density at radius 2 is 1.59 bits per heavy atom. The lowest BCUT2D eigenvalue weighted by Gasteiger charge is -2.32. The van der Waals surface area contributed by atoms with Crippen molar-refractivity contribution in [2.24, 2.45) is 0 Å². The number of hydrogen-bond donors (Lipinski definition) is 1. The molecule has 0 unspecified atom stereocenters. The maximum atomic E-state index is 13.0. The van der Waals surface area contributed by atoms with Crippen LogP contribution in [0.3, 0.4) is 0 Å². The highest BCUT2D eigenvalue weighted by atomic mass is 35.5. The summed E-state index contributed by atoms with van der Waals surface area (Å²) in [6, 6.07) is 19.6. The van der Waals surface area contributed by atoms with Crippen molar-refractivity contribution >= 4 is 35.0 Å². The summed E-state index contributed by atoms with van der Waals surface area (Å²) in [5, 5.41) is 3.37.